The Morgan fingerprint density at radius 1 is 1.42 bits per heavy atom. The Morgan fingerprint density at radius 2 is 2.21 bits per heavy atom. The number of carboxylic acids is 1. The summed E-state index contributed by atoms with van der Waals surface area (Å²) >= 11 is 6.19. The zero-order valence-electron chi connectivity index (χ0n) is 9.90. The van der Waals surface area contributed by atoms with Crippen molar-refractivity contribution in [1.82, 2.24) is 10.1 Å². The number of carboxylic acid groups (broad SMARTS) is 1. The summed E-state index contributed by atoms with van der Waals surface area (Å²) in [5, 5.41) is 13.8. The van der Waals surface area contributed by atoms with Crippen LogP contribution >= 0.6 is 11.6 Å². The third-order valence-corrected chi connectivity index (χ3v) is 3.26. The van der Waals surface area contributed by atoms with E-state index in [1.807, 2.05) is 19.2 Å². The molecule has 6 heteroatoms. The molecule has 0 aliphatic rings. The van der Waals surface area contributed by atoms with Crippen LogP contribution in [0.4, 0.5) is 0 Å². The fraction of sp³-hybridized carbons (Fsp3) is 0.0769. The first-order valence-corrected chi connectivity index (χ1v) is 5.91. The largest absolute Gasteiger partial charge is 0.476 e. The first kappa shape index (κ1) is 11.8. The van der Waals surface area contributed by atoms with Gasteiger partial charge in [-0.25, -0.2) is 4.79 Å². The van der Waals surface area contributed by atoms with Crippen LogP contribution in [0, 0.1) is 6.92 Å². The van der Waals surface area contributed by atoms with Crippen molar-refractivity contribution in [3.05, 3.63) is 40.7 Å². The Labute approximate surface area is 112 Å². The Bertz CT molecular complexity index is 788. The zero-order chi connectivity index (χ0) is 13.6. The lowest BCUT2D eigenvalue weighted by Gasteiger charge is -2.00. The van der Waals surface area contributed by atoms with Gasteiger partial charge in [0.15, 0.2) is 11.5 Å². The molecule has 3 rings (SSSR count). The molecule has 2 aromatic heterocycles. The fourth-order valence-electron chi connectivity index (χ4n) is 1.98. The van der Waals surface area contributed by atoms with Gasteiger partial charge in [-0.05, 0) is 24.6 Å². The number of halogens is 1. The Morgan fingerprint density at radius 3 is 2.89 bits per heavy atom. The molecular formula is C13H9ClN2O3. The third-order valence-electron chi connectivity index (χ3n) is 2.96. The van der Waals surface area contributed by atoms with Gasteiger partial charge in [0.25, 0.3) is 0 Å². The number of aromatic amines is 1. The molecule has 2 heterocycles. The second kappa shape index (κ2) is 4.13. The maximum absolute atomic E-state index is 10.8. The van der Waals surface area contributed by atoms with Gasteiger partial charge in [-0.1, -0.05) is 16.8 Å². The van der Waals surface area contributed by atoms with Crippen LogP contribution in [-0.4, -0.2) is 21.2 Å². The van der Waals surface area contributed by atoms with E-state index < -0.39 is 5.97 Å². The number of aromatic carboxylic acids is 1. The monoisotopic (exact) mass is 276 g/mol. The molecule has 19 heavy (non-hydrogen) atoms. The highest BCUT2D eigenvalue weighted by Gasteiger charge is 2.14. The summed E-state index contributed by atoms with van der Waals surface area (Å²) in [6.07, 6.45) is 1.86. The number of hydrogen-bond acceptors (Lipinski definition) is 3. The Hall–Kier alpha value is -2.27. The summed E-state index contributed by atoms with van der Waals surface area (Å²) in [5.41, 5.74) is 2.47. The molecule has 0 radical (unpaired) electrons. The highest BCUT2D eigenvalue weighted by Crippen LogP contribution is 2.32. The summed E-state index contributed by atoms with van der Waals surface area (Å²) in [4.78, 5) is 13.9. The van der Waals surface area contributed by atoms with Gasteiger partial charge in [-0.15, -0.1) is 0 Å². The lowest BCUT2D eigenvalue weighted by Crippen LogP contribution is -1.94. The maximum atomic E-state index is 10.8. The van der Waals surface area contributed by atoms with Crippen molar-refractivity contribution in [1.29, 1.82) is 0 Å². The van der Waals surface area contributed by atoms with Gasteiger partial charge in [0.1, 0.15) is 0 Å². The van der Waals surface area contributed by atoms with Crippen molar-refractivity contribution in [3.63, 3.8) is 0 Å². The van der Waals surface area contributed by atoms with Gasteiger partial charge in [-0.2, -0.15) is 0 Å². The van der Waals surface area contributed by atoms with Crippen molar-refractivity contribution in [3.8, 4) is 11.3 Å². The standard InChI is InChI=1S/C13H9ClN2O3/c1-6-5-15-12-8(6)2-7(3-9(12)14)11-4-10(13(17)18)16-19-11/h2-5,15H,1H3,(H,17,18). The molecule has 0 fully saturated rings. The van der Waals surface area contributed by atoms with Gasteiger partial charge in [0.05, 0.1) is 10.5 Å². The predicted octanol–water partition coefficient (Wildman–Crippen LogP) is 3.48. The molecule has 0 aliphatic carbocycles. The van der Waals surface area contributed by atoms with E-state index in [9.17, 15) is 4.79 Å². The molecule has 0 saturated carbocycles. The van der Waals surface area contributed by atoms with Crippen LogP contribution in [0.5, 0.6) is 0 Å². The van der Waals surface area contributed by atoms with E-state index in [0.29, 0.717) is 16.3 Å². The minimum Gasteiger partial charge on any atom is -0.476 e. The number of hydrogen-bond donors (Lipinski definition) is 2. The van der Waals surface area contributed by atoms with E-state index in [-0.39, 0.29) is 5.69 Å². The number of fused-ring (bicyclic) bond motifs is 1. The summed E-state index contributed by atoms with van der Waals surface area (Å²) in [6, 6.07) is 4.98. The molecule has 96 valence electrons. The van der Waals surface area contributed by atoms with Crippen LogP contribution in [0.3, 0.4) is 0 Å². The number of aryl methyl sites for hydroxylation is 1. The highest BCUT2D eigenvalue weighted by molar-refractivity contribution is 6.35. The van der Waals surface area contributed by atoms with Crippen molar-refractivity contribution >= 4 is 28.5 Å². The number of H-pyrrole nitrogens is 1. The van der Waals surface area contributed by atoms with Gasteiger partial charge < -0.3 is 14.6 Å². The van der Waals surface area contributed by atoms with Crippen molar-refractivity contribution < 1.29 is 14.4 Å². The normalized spacial score (nSPS) is 11.1. The number of nitrogens with one attached hydrogen (secondary N) is 1. The average molecular weight is 277 g/mol. The SMILES string of the molecule is Cc1c[nH]c2c(Cl)cc(-c3cc(C(=O)O)no3)cc12. The second-order valence-corrected chi connectivity index (χ2v) is 4.64. The highest BCUT2D eigenvalue weighted by atomic mass is 35.5. The van der Waals surface area contributed by atoms with Crippen LogP contribution in [-0.2, 0) is 0 Å². The first-order valence-electron chi connectivity index (χ1n) is 5.54. The summed E-state index contributed by atoms with van der Waals surface area (Å²) < 4.78 is 5.03. The molecule has 1 aromatic carbocycles. The summed E-state index contributed by atoms with van der Waals surface area (Å²) in [7, 11) is 0. The molecule has 0 bridgehead atoms. The van der Waals surface area contributed by atoms with Gasteiger partial charge in [0.2, 0.25) is 0 Å². The number of benzene rings is 1. The quantitative estimate of drug-likeness (QED) is 0.751. The Balaban J connectivity index is 2.18. The number of carbonyl (C=O) groups is 1. The first-order chi connectivity index (χ1) is 9.06. The lowest BCUT2D eigenvalue weighted by atomic mass is 10.1. The number of nitrogens with zero attached hydrogens (tertiary/aromatic N) is 1. The molecule has 0 aliphatic heterocycles. The topological polar surface area (TPSA) is 79.1 Å². The molecule has 0 atom stereocenters. The van der Waals surface area contributed by atoms with E-state index in [2.05, 4.69) is 10.1 Å². The number of rotatable bonds is 2. The van der Waals surface area contributed by atoms with Gasteiger partial charge in [0, 0.05) is 23.2 Å². The average Bonchev–Trinajstić information content (AvgIpc) is 2.97. The second-order valence-electron chi connectivity index (χ2n) is 4.23. The van der Waals surface area contributed by atoms with Gasteiger partial charge in [-0.3, -0.25) is 0 Å². The molecule has 0 unspecified atom stereocenters. The minimum atomic E-state index is -1.12. The van der Waals surface area contributed by atoms with Crippen LogP contribution in [0.15, 0.2) is 28.9 Å². The number of aromatic nitrogens is 2. The third kappa shape index (κ3) is 1.88. The molecule has 0 amide bonds. The zero-order valence-corrected chi connectivity index (χ0v) is 10.7. The minimum absolute atomic E-state index is 0.128. The van der Waals surface area contributed by atoms with Gasteiger partial charge >= 0.3 is 5.97 Å². The molecular weight excluding hydrogens is 268 g/mol. The Kier molecular flexibility index (Phi) is 2.57. The van der Waals surface area contributed by atoms with E-state index in [0.717, 1.165) is 16.5 Å². The van der Waals surface area contributed by atoms with Crippen molar-refractivity contribution in [2.75, 3.05) is 0 Å². The van der Waals surface area contributed by atoms with Crippen molar-refractivity contribution in [2.24, 2.45) is 0 Å². The molecule has 0 spiro atoms. The smallest absolute Gasteiger partial charge is 0.358 e. The van der Waals surface area contributed by atoms with E-state index in [1.54, 1.807) is 6.07 Å². The molecule has 5 nitrogen and oxygen atoms in total. The van der Waals surface area contributed by atoms with Crippen LogP contribution in [0.2, 0.25) is 5.02 Å². The lowest BCUT2D eigenvalue weighted by molar-refractivity contribution is 0.0686. The van der Waals surface area contributed by atoms with Crippen LogP contribution in [0.1, 0.15) is 16.1 Å². The van der Waals surface area contributed by atoms with E-state index >= 15 is 0 Å². The fourth-order valence-corrected chi connectivity index (χ4v) is 2.25. The van der Waals surface area contributed by atoms with E-state index in [4.69, 9.17) is 21.2 Å². The molecule has 0 saturated heterocycles. The van der Waals surface area contributed by atoms with Crippen LogP contribution in [0.25, 0.3) is 22.2 Å². The van der Waals surface area contributed by atoms with Crippen LogP contribution < -0.4 is 0 Å². The summed E-state index contributed by atoms with van der Waals surface area (Å²) in [6.45, 7) is 1.96. The molecule has 2 N–H and O–H groups in total. The molecule has 3 aromatic rings. The maximum Gasteiger partial charge on any atom is 0.358 e. The van der Waals surface area contributed by atoms with Crippen molar-refractivity contribution in [2.45, 2.75) is 6.92 Å². The summed E-state index contributed by atoms with van der Waals surface area (Å²) in [5.74, 6) is -0.748. The van der Waals surface area contributed by atoms with E-state index in [1.165, 1.54) is 6.07 Å². The predicted molar refractivity (Wildman–Crippen MR) is 70.5 cm³/mol.